The summed E-state index contributed by atoms with van der Waals surface area (Å²) in [6.45, 7) is 5.72. The number of benzene rings is 1. The van der Waals surface area contributed by atoms with Crippen molar-refractivity contribution >= 4 is 23.7 Å². The number of ether oxygens (including phenoxy) is 1. The van der Waals surface area contributed by atoms with Gasteiger partial charge in [-0.1, -0.05) is 6.07 Å². The molecule has 0 amide bonds. The maximum absolute atomic E-state index is 10.3. The summed E-state index contributed by atoms with van der Waals surface area (Å²) in [6, 6.07) is 9.69. The van der Waals surface area contributed by atoms with Crippen molar-refractivity contribution in [3.63, 3.8) is 0 Å². The van der Waals surface area contributed by atoms with E-state index < -0.39 is 6.10 Å². The number of aliphatic hydroxyl groups is 1. The van der Waals surface area contributed by atoms with Crippen LogP contribution in [-0.2, 0) is 6.54 Å². The lowest BCUT2D eigenvalue weighted by atomic mass is 10.0. The molecule has 2 aromatic heterocycles. The Bertz CT molecular complexity index is 972. The molecule has 146 valence electrons. The number of aliphatic hydroxyl groups excluding tert-OH is 1. The minimum atomic E-state index is -0.481. The Balaban J connectivity index is 1.59. The highest BCUT2D eigenvalue weighted by molar-refractivity contribution is 5.76. The van der Waals surface area contributed by atoms with Crippen molar-refractivity contribution < 1.29 is 9.84 Å². The molecule has 1 saturated heterocycles. The highest BCUT2D eigenvalue weighted by Gasteiger charge is 2.27. The van der Waals surface area contributed by atoms with E-state index in [1.165, 1.54) is 6.33 Å². The molecular weight excluding hydrogens is 356 g/mol. The molecule has 1 aliphatic rings. The van der Waals surface area contributed by atoms with Crippen molar-refractivity contribution in [1.29, 1.82) is 0 Å². The fourth-order valence-electron chi connectivity index (χ4n) is 3.66. The first-order valence-corrected chi connectivity index (χ1v) is 9.26. The first-order valence-electron chi connectivity index (χ1n) is 9.26. The van der Waals surface area contributed by atoms with E-state index in [0.29, 0.717) is 13.1 Å². The third-order valence-corrected chi connectivity index (χ3v) is 5.13. The molecule has 1 aliphatic heterocycles. The number of aliphatic imine (C=N–C) groups is 1. The van der Waals surface area contributed by atoms with Gasteiger partial charge >= 0.3 is 0 Å². The lowest BCUT2D eigenvalue weighted by Gasteiger charge is -2.33. The Morgan fingerprint density at radius 1 is 1.39 bits per heavy atom. The van der Waals surface area contributed by atoms with Gasteiger partial charge in [0.05, 0.1) is 19.3 Å². The van der Waals surface area contributed by atoms with Crippen molar-refractivity contribution in [2.75, 3.05) is 25.5 Å². The van der Waals surface area contributed by atoms with Gasteiger partial charge in [-0.05, 0) is 36.9 Å². The topological polar surface area (TPSA) is 87.3 Å². The van der Waals surface area contributed by atoms with E-state index >= 15 is 0 Å². The highest BCUT2D eigenvalue weighted by Crippen LogP contribution is 2.26. The van der Waals surface area contributed by atoms with E-state index in [-0.39, 0.29) is 6.04 Å². The fraction of sp³-hybridized carbons (Fsp3) is 0.350. The summed E-state index contributed by atoms with van der Waals surface area (Å²) in [5.41, 5.74) is 2.91. The van der Waals surface area contributed by atoms with Crippen LogP contribution in [0.5, 0.6) is 5.75 Å². The molecule has 1 aromatic carbocycles. The van der Waals surface area contributed by atoms with Crippen LogP contribution in [0.3, 0.4) is 0 Å². The van der Waals surface area contributed by atoms with E-state index in [1.54, 1.807) is 7.11 Å². The van der Waals surface area contributed by atoms with Gasteiger partial charge in [0.25, 0.3) is 0 Å². The second-order valence-electron chi connectivity index (χ2n) is 6.94. The third kappa shape index (κ3) is 3.69. The smallest absolute Gasteiger partial charge is 0.158 e. The summed E-state index contributed by atoms with van der Waals surface area (Å²) in [6.07, 6.45) is 3.79. The zero-order chi connectivity index (χ0) is 19.5. The Morgan fingerprint density at radius 2 is 2.29 bits per heavy atom. The Labute approximate surface area is 163 Å². The number of hydrogen-bond donors (Lipinski definition) is 2. The van der Waals surface area contributed by atoms with Crippen LogP contribution in [0.1, 0.15) is 12.0 Å². The molecule has 0 radical (unpaired) electrons. The first kappa shape index (κ1) is 18.4. The molecule has 0 bridgehead atoms. The van der Waals surface area contributed by atoms with Gasteiger partial charge < -0.3 is 15.2 Å². The summed E-state index contributed by atoms with van der Waals surface area (Å²) in [4.78, 5) is 10.7. The van der Waals surface area contributed by atoms with Crippen molar-refractivity contribution in [3.05, 3.63) is 48.4 Å². The maximum atomic E-state index is 10.3. The number of likely N-dealkylation sites (tertiary alicyclic amines) is 1. The second kappa shape index (κ2) is 7.95. The number of β-amino-alcohol motifs (C(OH)–C–C–N with tert-alkyl or cyclic N) is 1. The number of fused-ring (bicyclic) bond motifs is 1. The molecule has 0 aliphatic carbocycles. The van der Waals surface area contributed by atoms with Crippen LogP contribution in [0.2, 0.25) is 0 Å². The van der Waals surface area contributed by atoms with E-state index in [1.807, 2.05) is 41.0 Å². The molecule has 4 rings (SSSR count). The molecule has 0 saturated carbocycles. The van der Waals surface area contributed by atoms with Crippen LogP contribution >= 0.6 is 0 Å². The number of aromatic nitrogens is 3. The van der Waals surface area contributed by atoms with E-state index in [9.17, 15) is 5.11 Å². The van der Waals surface area contributed by atoms with Gasteiger partial charge in [0, 0.05) is 37.6 Å². The average Bonchev–Trinajstić information content (AvgIpc) is 3.12. The third-order valence-electron chi connectivity index (χ3n) is 5.13. The molecule has 2 atom stereocenters. The van der Waals surface area contributed by atoms with Crippen LogP contribution in [0.4, 0.5) is 11.5 Å². The van der Waals surface area contributed by atoms with E-state index in [0.717, 1.165) is 41.3 Å². The van der Waals surface area contributed by atoms with Crippen LogP contribution < -0.4 is 10.1 Å². The Morgan fingerprint density at radius 3 is 3.07 bits per heavy atom. The van der Waals surface area contributed by atoms with Gasteiger partial charge in [0.1, 0.15) is 17.6 Å². The lowest BCUT2D eigenvalue weighted by molar-refractivity contribution is 0.0512. The van der Waals surface area contributed by atoms with Gasteiger partial charge in [0.2, 0.25) is 0 Å². The first-order chi connectivity index (χ1) is 13.7. The molecule has 0 spiro atoms. The Hall–Kier alpha value is -2.97. The summed E-state index contributed by atoms with van der Waals surface area (Å²) in [5, 5.41) is 17.9. The highest BCUT2D eigenvalue weighted by atomic mass is 16.5. The largest absolute Gasteiger partial charge is 0.497 e. The second-order valence-corrected chi connectivity index (χ2v) is 6.94. The van der Waals surface area contributed by atoms with Gasteiger partial charge in [0.15, 0.2) is 5.82 Å². The minimum Gasteiger partial charge on any atom is -0.497 e. The summed E-state index contributed by atoms with van der Waals surface area (Å²) < 4.78 is 7.12. The summed E-state index contributed by atoms with van der Waals surface area (Å²) >= 11 is 0. The van der Waals surface area contributed by atoms with Crippen molar-refractivity contribution in [1.82, 2.24) is 19.5 Å². The van der Waals surface area contributed by atoms with Crippen molar-refractivity contribution in [3.8, 4) is 5.75 Å². The zero-order valence-electron chi connectivity index (χ0n) is 15.8. The van der Waals surface area contributed by atoms with Gasteiger partial charge in [-0.3, -0.25) is 9.89 Å². The molecule has 1 fully saturated rings. The lowest BCUT2D eigenvalue weighted by Crippen LogP contribution is -2.45. The number of hydrogen-bond acceptors (Lipinski definition) is 7. The average molecular weight is 380 g/mol. The fourth-order valence-corrected chi connectivity index (χ4v) is 3.66. The van der Waals surface area contributed by atoms with Crippen LogP contribution in [0, 0.1) is 0 Å². The number of piperidine rings is 1. The van der Waals surface area contributed by atoms with Crippen LogP contribution in [0.25, 0.3) is 5.52 Å². The zero-order valence-corrected chi connectivity index (χ0v) is 15.8. The molecule has 8 heteroatoms. The quantitative estimate of drug-likeness (QED) is 0.637. The molecule has 3 aromatic rings. The van der Waals surface area contributed by atoms with Gasteiger partial charge in [-0.25, -0.2) is 9.50 Å². The maximum Gasteiger partial charge on any atom is 0.158 e. The summed E-state index contributed by atoms with van der Waals surface area (Å²) in [7, 11) is 1.65. The van der Waals surface area contributed by atoms with Crippen molar-refractivity contribution in [2.45, 2.75) is 25.1 Å². The predicted octanol–water partition coefficient (Wildman–Crippen LogP) is 2.12. The predicted molar refractivity (Wildman–Crippen MR) is 109 cm³/mol. The minimum absolute atomic E-state index is 0.0735. The summed E-state index contributed by atoms with van der Waals surface area (Å²) in [5.74, 6) is 1.50. The van der Waals surface area contributed by atoms with E-state index in [4.69, 9.17) is 4.74 Å². The standard InChI is InChI=1S/C20H24N6O2/c1-21-17-7-8-25(12-18(17)27)11-14-6-9-26-19(14)20(22-13-23-26)24-15-4-3-5-16(10-15)28-2/h3-6,9-10,13,17-18,27H,1,7-8,11-12H2,2H3,(H,22,23,24)/t17-,18-/m0/s1. The molecule has 2 N–H and O–H groups in total. The van der Waals surface area contributed by atoms with Gasteiger partial charge in [-0.2, -0.15) is 5.10 Å². The SMILES string of the molecule is C=N[C@H]1CCN(Cc2ccn3ncnc(Nc4cccc(OC)c4)c23)C[C@@H]1O. The molecule has 3 heterocycles. The van der Waals surface area contributed by atoms with E-state index in [2.05, 4.69) is 32.0 Å². The number of nitrogens with one attached hydrogen (secondary N) is 1. The molecule has 8 nitrogen and oxygen atoms in total. The molecule has 0 unspecified atom stereocenters. The monoisotopic (exact) mass is 380 g/mol. The van der Waals surface area contributed by atoms with Crippen molar-refractivity contribution in [2.24, 2.45) is 4.99 Å². The molecule has 28 heavy (non-hydrogen) atoms. The molecular formula is C20H24N6O2. The normalized spacial score (nSPS) is 20.2. The van der Waals surface area contributed by atoms with Crippen LogP contribution in [0.15, 0.2) is 47.8 Å². The van der Waals surface area contributed by atoms with Gasteiger partial charge in [-0.15, -0.1) is 0 Å². The van der Waals surface area contributed by atoms with Crippen LogP contribution in [-0.4, -0.2) is 63.7 Å². The number of nitrogens with zero attached hydrogens (tertiary/aromatic N) is 5. The number of rotatable bonds is 6. The Kier molecular flexibility index (Phi) is 5.23. The number of methoxy groups -OCH3 is 1. The number of anilines is 2.